The Morgan fingerprint density at radius 1 is 0.547 bits per heavy atom. The molecule has 7 atom stereocenters. The highest BCUT2D eigenvalue weighted by Crippen LogP contribution is 2.37. The molecule has 4 aliphatic heterocycles. The lowest BCUT2D eigenvalue weighted by molar-refractivity contribution is -0.0632. The van der Waals surface area contributed by atoms with Crippen molar-refractivity contribution in [1.82, 2.24) is 19.6 Å². The molecule has 53 heavy (non-hydrogen) atoms. The van der Waals surface area contributed by atoms with Gasteiger partial charge in [-0.1, -0.05) is 72.9 Å². The first-order valence-electron chi connectivity index (χ1n) is 19.6. The zero-order valence-corrected chi connectivity index (χ0v) is 31.2. The van der Waals surface area contributed by atoms with Crippen LogP contribution in [0.5, 0.6) is 0 Å². The minimum Gasteiger partial charge on any atom is -0.478 e. The highest BCUT2D eigenvalue weighted by molar-refractivity contribution is 8.00. The van der Waals surface area contributed by atoms with Crippen LogP contribution in [0, 0.1) is 11.8 Å². The van der Waals surface area contributed by atoms with Crippen molar-refractivity contribution in [2.45, 2.75) is 60.9 Å². The van der Waals surface area contributed by atoms with E-state index in [1.807, 2.05) is 0 Å². The molecule has 0 aromatic carbocycles. The summed E-state index contributed by atoms with van der Waals surface area (Å²) in [5, 5.41) is 0.948. The second kappa shape index (κ2) is 14.7. The molecule has 4 heterocycles. The zero-order chi connectivity index (χ0) is 35.1. The molecule has 4 saturated heterocycles. The Bertz CT molecular complexity index is 1850. The first kappa shape index (κ1) is 33.7. The van der Waals surface area contributed by atoms with E-state index in [2.05, 4.69) is 135 Å². The lowest BCUT2D eigenvalue weighted by atomic mass is 9.91. The first-order valence-corrected chi connectivity index (χ1v) is 20.6. The van der Waals surface area contributed by atoms with Crippen molar-refractivity contribution in [3.05, 3.63) is 143 Å². The molecule has 0 aromatic rings. The maximum atomic E-state index is 6.36. The van der Waals surface area contributed by atoms with Gasteiger partial charge in [0.2, 0.25) is 0 Å². The van der Waals surface area contributed by atoms with Crippen molar-refractivity contribution in [3.63, 3.8) is 0 Å². The molecule has 4 fully saturated rings. The maximum Gasteiger partial charge on any atom is 0.161 e. The predicted octanol–water partition coefficient (Wildman–Crippen LogP) is 7.04. The second-order valence-corrected chi connectivity index (χ2v) is 17.1. The highest BCUT2D eigenvalue weighted by atomic mass is 32.2. The summed E-state index contributed by atoms with van der Waals surface area (Å²) in [4.78, 5) is 9.62. The topological polar surface area (TPSA) is 49.9 Å². The van der Waals surface area contributed by atoms with Crippen LogP contribution in [-0.4, -0.2) is 101 Å². The van der Waals surface area contributed by atoms with Crippen LogP contribution < -0.4 is 0 Å². The van der Waals surface area contributed by atoms with Gasteiger partial charge in [-0.3, -0.25) is 4.90 Å². The minimum absolute atomic E-state index is 0.139. The fraction of sp³-hybridized carbons (Fsp3) is 0.455. The van der Waals surface area contributed by atoms with Gasteiger partial charge >= 0.3 is 0 Å². The van der Waals surface area contributed by atoms with E-state index in [1.54, 1.807) is 0 Å². The molecule has 0 amide bonds. The molecule has 276 valence electrons. The molecule has 10 aliphatic rings. The molecule has 7 unspecified atom stereocenters. The number of hydrogen-bond acceptors (Lipinski definition) is 9. The van der Waals surface area contributed by atoms with Gasteiger partial charge < -0.3 is 33.6 Å². The Morgan fingerprint density at radius 2 is 1.25 bits per heavy atom. The normalized spacial score (nSPS) is 34.8. The van der Waals surface area contributed by atoms with E-state index in [4.69, 9.17) is 18.9 Å². The van der Waals surface area contributed by atoms with Gasteiger partial charge in [-0.2, -0.15) is 0 Å². The summed E-state index contributed by atoms with van der Waals surface area (Å²) >= 11 is 2.07. The standard InChI is InChI=1S/C44H50N4O4S/c1-3-7-41-31(5-1)23-47(29-49-41)37-13-19-43-33(21-37)25-45(27-51-43)35-9-15-39(16-10-35)53-40-17-11-36(12-18-40)46-26-34-22-38(14-20-44(34)52-28-46)48-24-32-6-2-4-8-42(32)50-30-48/h1,3,5-13,15,17,19-22,31,33,38-41,43H,2,4,14,16,18,23-30H2. The Balaban J connectivity index is 0.702. The number of fused-ring (bicyclic) bond motifs is 4. The molecule has 0 N–H and O–H groups in total. The van der Waals surface area contributed by atoms with Gasteiger partial charge in [-0.15, -0.1) is 11.8 Å². The quantitative estimate of drug-likeness (QED) is 0.287. The number of thioether (sulfide) groups is 1. The van der Waals surface area contributed by atoms with Gasteiger partial charge in [0.15, 0.2) is 6.73 Å². The average Bonchev–Trinajstić information content (AvgIpc) is 3.23. The zero-order valence-electron chi connectivity index (χ0n) is 30.4. The lowest BCUT2D eigenvalue weighted by Gasteiger charge is -2.43. The molecule has 8 nitrogen and oxygen atoms in total. The lowest BCUT2D eigenvalue weighted by Crippen LogP contribution is -2.46. The van der Waals surface area contributed by atoms with Crippen molar-refractivity contribution in [2.75, 3.05) is 53.1 Å². The van der Waals surface area contributed by atoms with Crippen LogP contribution >= 0.6 is 11.8 Å². The summed E-state index contributed by atoms with van der Waals surface area (Å²) in [5.41, 5.74) is 6.45. The number of nitrogens with zero attached hydrogens (tertiary/aromatic N) is 4. The van der Waals surface area contributed by atoms with Crippen molar-refractivity contribution >= 4 is 11.8 Å². The van der Waals surface area contributed by atoms with Gasteiger partial charge in [0, 0.05) is 82.8 Å². The van der Waals surface area contributed by atoms with E-state index >= 15 is 0 Å². The van der Waals surface area contributed by atoms with E-state index in [9.17, 15) is 0 Å². The first-order chi connectivity index (χ1) is 26.2. The molecule has 9 heteroatoms. The smallest absolute Gasteiger partial charge is 0.161 e. The van der Waals surface area contributed by atoms with Crippen LogP contribution in [0.1, 0.15) is 32.1 Å². The fourth-order valence-corrected chi connectivity index (χ4v) is 10.3. The third-order valence-corrected chi connectivity index (χ3v) is 13.5. The number of hydrogen-bond donors (Lipinski definition) is 0. The summed E-state index contributed by atoms with van der Waals surface area (Å²) in [6, 6.07) is 0.339. The van der Waals surface area contributed by atoms with Crippen LogP contribution in [0.25, 0.3) is 0 Å². The summed E-state index contributed by atoms with van der Waals surface area (Å²) < 4.78 is 24.9. The molecule has 6 aliphatic carbocycles. The van der Waals surface area contributed by atoms with Crippen molar-refractivity contribution in [3.8, 4) is 0 Å². The molecule has 10 rings (SSSR count). The minimum atomic E-state index is 0.139. The van der Waals surface area contributed by atoms with Crippen LogP contribution in [-0.2, 0) is 18.9 Å². The van der Waals surface area contributed by atoms with E-state index in [0.717, 1.165) is 69.8 Å². The Labute approximate surface area is 318 Å². The monoisotopic (exact) mass is 730 g/mol. The maximum absolute atomic E-state index is 6.36. The van der Waals surface area contributed by atoms with E-state index in [0.29, 0.717) is 55.3 Å². The summed E-state index contributed by atoms with van der Waals surface area (Å²) in [6.07, 6.45) is 44.8. The summed E-state index contributed by atoms with van der Waals surface area (Å²) in [5.74, 6) is 2.89. The van der Waals surface area contributed by atoms with E-state index < -0.39 is 0 Å². The van der Waals surface area contributed by atoms with Gasteiger partial charge in [-0.05, 0) is 62.5 Å². The molecule has 0 saturated carbocycles. The van der Waals surface area contributed by atoms with Crippen molar-refractivity contribution in [1.29, 1.82) is 0 Å². The third kappa shape index (κ3) is 7.09. The van der Waals surface area contributed by atoms with Crippen LogP contribution in [0.3, 0.4) is 0 Å². The Morgan fingerprint density at radius 3 is 2.08 bits per heavy atom. The van der Waals surface area contributed by atoms with Gasteiger partial charge in [0.1, 0.15) is 31.7 Å². The van der Waals surface area contributed by atoms with E-state index in [1.165, 1.54) is 28.2 Å². The molecule has 0 aromatic heterocycles. The number of ether oxygens (including phenoxy) is 4. The number of allylic oxidation sites excluding steroid dienone is 9. The van der Waals surface area contributed by atoms with Crippen molar-refractivity contribution in [2.24, 2.45) is 11.8 Å². The Hall–Kier alpha value is -3.89. The number of rotatable bonds is 6. The average molecular weight is 731 g/mol. The van der Waals surface area contributed by atoms with Crippen LogP contribution in [0.4, 0.5) is 0 Å². The van der Waals surface area contributed by atoms with Crippen LogP contribution in [0.15, 0.2) is 143 Å². The molecular formula is C44H50N4O4S. The second-order valence-electron chi connectivity index (χ2n) is 15.6. The largest absolute Gasteiger partial charge is 0.478 e. The summed E-state index contributed by atoms with van der Waals surface area (Å²) in [7, 11) is 0. The SMILES string of the molecule is C1=CC2CN(C3=CC4CN(C5=CCC(SC6C=CC(N7COC8=CCC(N9COC%10=CCCC=C%10C9)C=C8C7)=CC6)C=C5)COC4C=C3)COC2C=C1. The van der Waals surface area contributed by atoms with Crippen molar-refractivity contribution < 1.29 is 18.9 Å². The Kier molecular flexibility index (Phi) is 9.36. The summed E-state index contributed by atoms with van der Waals surface area (Å²) in [6.45, 7) is 6.33. The molecular weight excluding hydrogens is 681 g/mol. The predicted molar refractivity (Wildman–Crippen MR) is 210 cm³/mol. The molecule has 0 spiro atoms. The molecule has 0 bridgehead atoms. The fourth-order valence-electron chi connectivity index (χ4n) is 9.10. The third-order valence-electron chi connectivity index (χ3n) is 12.1. The van der Waals surface area contributed by atoms with Gasteiger partial charge in [-0.25, -0.2) is 0 Å². The van der Waals surface area contributed by atoms with Gasteiger partial charge in [0.05, 0.1) is 12.2 Å². The molecule has 0 radical (unpaired) electrons. The van der Waals surface area contributed by atoms with Crippen LogP contribution in [0.2, 0.25) is 0 Å². The van der Waals surface area contributed by atoms with Gasteiger partial charge in [0.25, 0.3) is 0 Å². The highest BCUT2D eigenvalue weighted by Gasteiger charge is 2.35. The van der Waals surface area contributed by atoms with E-state index in [-0.39, 0.29) is 12.2 Å².